The van der Waals surface area contributed by atoms with E-state index < -0.39 is 16.8 Å². The maximum absolute atomic E-state index is 13.9. The summed E-state index contributed by atoms with van der Waals surface area (Å²) < 4.78 is 24.6. The summed E-state index contributed by atoms with van der Waals surface area (Å²) in [5.41, 5.74) is 3.01. The summed E-state index contributed by atoms with van der Waals surface area (Å²) in [5.74, 6) is 0.734. The van der Waals surface area contributed by atoms with Crippen molar-refractivity contribution in [1.82, 2.24) is 0 Å². The topological polar surface area (TPSA) is 67.9 Å². The third-order valence-corrected chi connectivity index (χ3v) is 9.13. The Balaban J connectivity index is 2.10. The van der Waals surface area contributed by atoms with Gasteiger partial charge in [-0.15, -0.1) is 11.8 Å². The van der Waals surface area contributed by atoms with Gasteiger partial charge in [0.25, 0.3) is 0 Å². The molecule has 2 aromatic rings. The largest absolute Gasteiger partial charge is 0.464 e. The lowest BCUT2D eigenvalue weighted by Gasteiger charge is -2.36. The van der Waals surface area contributed by atoms with E-state index in [0.29, 0.717) is 18.1 Å². The van der Waals surface area contributed by atoms with Gasteiger partial charge in [-0.1, -0.05) is 26.7 Å². The first-order chi connectivity index (χ1) is 17.4. The van der Waals surface area contributed by atoms with Crippen molar-refractivity contribution >= 4 is 45.6 Å². The van der Waals surface area contributed by atoms with Crippen LogP contribution in [0.3, 0.4) is 0 Å². The van der Waals surface area contributed by atoms with Crippen molar-refractivity contribution in [1.29, 1.82) is 0 Å². The third-order valence-electron chi connectivity index (χ3n) is 6.68. The zero-order chi connectivity index (χ0) is 26.1. The summed E-state index contributed by atoms with van der Waals surface area (Å²) in [6, 6.07) is 12.3. The van der Waals surface area contributed by atoms with Crippen LogP contribution in [-0.4, -0.2) is 42.4 Å². The highest BCUT2D eigenvalue weighted by Crippen LogP contribution is 2.46. The molecule has 1 N–H and O–H groups in total. The molecule has 0 spiro atoms. The molecule has 0 saturated heterocycles. The number of rotatable bonds is 11. The van der Waals surface area contributed by atoms with E-state index >= 15 is 0 Å². The number of nitrogens with one attached hydrogen (secondary N) is 1. The number of hydrogen-bond acceptors (Lipinski definition) is 7. The molecule has 2 aromatic carbocycles. The Morgan fingerprint density at radius 1 is 1.22 bits per heavy atom. The van der Waals surface area contributed by atoms with Gasteiger partial charge in [-0.25, -0.2) is 4.79 Å². The molecule has 36 heavy (non-hydrogen) atoms. The lowest BCUT2D eigenvalue weighted by molar-refractivity contribution is -0.137. The highest BCUT2D eigenvalue weighted by Gasteiger charge is 2.38. The second-order valence-electron chi connectivity index (χ2n) is 8.97. The van der Waals surface area contributed by atoms with Gasteiger partial charge in [0.1, 0.15) is 5.75 Å². The molecular weight excluding hydrogens is 492 g/mol. The molecule has 6 nitrogen and oxygen atoms in total. The molecule has 196 valence electrons. The fourth-order valence-electron chi connectivity index (χ4n) is 4.48. The Morgan fingerprint density at radius 2 is 1.97 bits per heavy atom. The van der Waals surface area contributed by atoms with Gasteiger partial charge in [0.05, 0.1) is 45.2 Å². The highest BCUT2D eigenvalue weighted by molar-refractivity contribution is 7.98. The minimum absolute atomic E-state index is 0.0636. The third kappa shape index (κ3) is 6.65. The first-order valence-electron chi connectivity index (χ1n) is 12.6. The average Bonchev–Trinajstić information content (AvgIpc) is 3.01. The van der Waals surface area contributed by atoms with E-state index in [1.807, 2.05) is 19.4 Å². The Kier molecular flexibility index (Phi) is 10.3. The average molecular weight is 531 g/mol. The van der Waals surface area contributed by atoms with E-state index in [0.717, 1.165) is 59.1 Å². The molecule has 3 rings (SSSR count). The summed E-state index contributed by atoms with van der Waals surface area (Å²) in [5, 5.41) is 3.19. The molecule has 0 aliphatic carbocycles. The van der Waals surface area contributed by atoms with Crippen LogP contribution >= 0.6 is 11.8 Å². The van der Waals surface area contributed by atoms with Crippen LogP contribution in [0, 0.1) is 5.41 Å². The number of thioether (sulfide) groups is 1. The summed E-state index contributed by atoms with van der Waals surface area (Å²) in [6.07, 6.45) is 8.80. The zero-order valence-corrected chi connectivity index (χ0v) is 23.6. The molecule has 1 aliphatic rings. The number of esters is 1. The zero-order valence-electron chi connectivity index (χ0n) is 22.0. The van der Waals surface area contributed by atoms with E-state index in [9.17, 15) is 9.00 Å². The van der Waals surface area contributed by atoms with Gasteiger partial charge in [0.15, 0.2) is 0 Å². The van der Waals surface area contributed by atoms with Crippen LogP contribution in [0.1, 0.15) is 46.5 Å². The molecule has 0 bridgehead atoms. The van der Waals surface area contributed by atoms with E-state index in [1.165, 1.54) is 12.3 Å². The van der Waals surface area contributed by atoms with Gasteiger partial charge in [-0.05, 0) is 61.8 Å². The minimum Gasteiger partial charge on any atom is -0.464 e. The summed E-state index contributed by atoms with van der Waals surface area (Å²) in [7, 11) is 0.709. The van der Waals surface area contributed by atoms with Crippen molar-refractivity contribution in [2.75, 3.05) is 42.4 Å². The molecule has 1 heterocycles. The second-order valence-corrected chi connectivity index (χ2v) is 11.2. The highest BCUT2D eigenvalue weighted by atomic mass is 32.2. The number of nitrogens with zero attached hydrogens (tertiary/aromatic N) is 1. The van der Waals surface area contributed by atoms with Crippen LogP contribution < -0.4 is 15.0 Å². The van der Waals surface area contributed by atoms with Crippen molar-refractivity contribution in [3.63, 3.8) is 0 Å². The van der Waals surface area contributed by atoms with Gasteiger partial charge in [0, 0.05) is 36.8 Å². The van der Waals surface area contributed by atoms with E-state index in [4.69, 9.17) is 9.47 Å². The molecule has 0 radical (unpaired) electrons. The lowest BCUT2D eigenvalue weighted by atomic mass is 9.81. The van der Waals surface area contributed by atoms with Crippen LogP contribution in [0.15, 0.2) is 58.5 Å². The molecule has 8 heteroatoms. The fourth-order valence-corrected chi connectivity index (χ4v) is 6.81. The first kappa shape index (κ1) is 28.1. The molecule has 1 aliphatic heterocycles. The first-order valence-corrected chi connectivity index (χ1v) is 15.1. The predicted octanol–water partition coefficient (Wildman–Crippen LogP) is 6.75. The summed E-state index contributed by atoms with van der Waals surface area (Å²) in [6.45, 7) is 7.29. The second kappa shape index (κ2) is 13.2. The van der Waals surface area contributed by atoms with Crippen molar-refractivity contribution in [3.05, 3.63) is 48.7 Å². The smallest absolute Gasteiger partial charge is 0.333 e. The van der Waals surface area contributed by atoms with Gasteiger partial charge in [0.2, 0.25) is 0 Å². The maximum Gasteiger partial charge on any atom is 0.333 e. The molecular formula is C28H38N2O4S2. The number of benzene rings is 2. The quantitative estimate of drug-likeness (QED) is 0.149. The van der Waals surface area contributed by atoms with Crippen LogP contribution in [-0.2, 0) is 20.3 Å². The molecule has 0 fully saturated rings. The SMILES string of the molecule is CCCCC1(CC)CN(c2ccc(NC)cc2)c2cc(SC)c(O/C=C/C(=O)OCC)cc2S(=O)C1. The summed E-state index contributed by atoms with van der Waals surface area (Å²) >= 11 is 1.56. The van der Waals surface area contributed by atoms with Crippen LogP contribution in [0.4, 0.5) is 17.1 Å². The molecule has 2 unspecified atom stereocenters. The van der Waals surface area contributed by atoms with Crippen molar-refractivity contribution < 1.29 is 18.5 Å². The normalized spacial score (nSPS) is 19.6. The van der Waals surface area contributed by atoms with E-state index in [2.05, 4.69) is 54.4 Å². The fraction of sp³-hybridized carbons (Fsp3) is 0.464. The Labute approximate surface area is 222 Å². The predicted molar refractivity (Wildman–Crippen MR) is 151 cm³/mol. The number of carbonyl (C=O) groups is 1. The lowest BCUT2D eigenvalue weighted by Crippen LogP contribution is -2.37. The number of anilines is 3. The summed E-state index contributed by atoms with van der Waals surface area (Å²) in [4.78, 5) is 15.7. The van der Waals surface area contributed by atoms with Crippen LogP contribution in [0.25, 0.3) is 0 Å². The maximum atomic E-state index is 13.9. The number of hydrogen-bond donors (Lipinski definition) is 1. The van der Waals surface area contributed by atoms with Gasteiger partial charge in [-0.3, -0.25) is 4.21 Å². The Bertz CT molecular complexity index is 1090. The van der Waals surface area contributed by atoms with Gasteiger partial charge < -0.3 is 19.7 Å². The van der Waals surface area contributed by atoms with Crippen molar-refractivity contribution in [2.45, 2.75) is 56.2 Å². The van der Waals surface area contributed by atoms with Crippen molar-refractivity contribution in [2.24, 2.45) is 5.41 Å². The standard InChI is InChI=1S/C28H38N2O4S2/c1-6-9-15-28(7-2)19-30(22-12-10-21(29-4)11-13-22)23-17-25(35-5)24(18-26(23)36(32)20-28)34-16-14-27(31)33-8-3/h10-14,16-18,29H,6-9,15,19-20H2,1-5H3/b16-14+. The van der Waals surface area contributed by atoms with E-state index in [-0.39, 0.29) is 5.41 Å². The molecule has 0 amide bonds. The van der Waals surface area contributed by atoms with Gasteiger partial charge >= 0.3 is 5.97 Å². The Morgan fingerprint density at radius 3 is 2.58 bits per heavy atom. The number of fused-ring (bicyclic) bond motifs is 1. The van der Waals surface area contributed by atoms with Crippen LogP contribution in [0.5, 0.6) is 5.75 Å². The number of ether oxygens (including phenoxy) is 2. The molecule has 0 saturated carbocycles. The Hall–Kier alpha value is -2.45. The van der Waals surface area contributed by atoms with Gasteiger partial charge in [-0.2, -0.15) is 0 Å². The monoisotopic (exact) mass is 530 g/mol. The number of carbonyl (C=O) groups excluding carboxylic acids is 1. The van der Waals surface area contributed by atoms with Crippen LogP contribution in [0.2, 0.25) is 0 Å². The molecule has 2 atom stereocenters. The minimum atomic E-state index is -1.20. The number of unbranched alkanes of at least 4 members (excludes halogenated alkanes) is 1. The molecule has 0 aromatic heterocycles. The van der Waals surface area contributed by atoms with E-state index in [1.54, 1.807) is 18.7 Å². The van der Waals surface area contributed by atoms with Crippen molar-refractivity contribution in [3.8, 4) is 5.75 Å².